The Morgan fingerprint density at radius 2 is 1.95 bits per heavy atom. The summed E-state index contributed by atoms with van der Waals surface area (Å²) >= 11 is 0.856. The van der Waals surface area contributed by atoms with Gasteiger partial charge in [0.05, 0.1) is 16.8 Å². The summed E-state index contributed by atoms with van der Waals surface area (Å²) in [5.74, 6) is -1.59. The number of nitrogens with zero attached hydrogens (tertiary/aromatic N) is 3. The second kappa shape index (κ2) is 13.3. The van der Waals surface area contributed by atoms with E-state index in [1.165, 1.54) is 47.5 Å². The molecule has 1 unspecified atom stereocenters. The van der Waals surface area contributed by atoms with Crippen LogP contribution in [0.5, 0.6) is 5.75 Å². The molecule has 0 aliphatic heterocycles. The zero-order valence-electron chi connectivity index (χ0n) is 21.6. The van der Waals surface area contributed by atoms with E-state index >= 15 is 0 Å². The van der Waals surface area contributed by atoms with Crippen molar-refractivity contribution in [3.63, 3.8) is 0 Å². The molecule has 0 radical (unpaired) electrons. The number of amides is 3. The van der Waals surface area contributed by atoms with Crippen molar-refractivity contribution in [2.24, 2.45) is 0 Å². The van der Waals surface area contributed by atoms with Gasteiger partial charge in [0.15, 0.2) is 0 Å². The van der Waals surface area contributed by atoms with E-state index in [1.807, 2.05) is 0 Å². The number of carbonyl (C=O) groups is 3. The lowest BCUT2D eigenvalue weighted by Crippen LogP contribution is -2.44. The molecule has 16 heteroatoms. The number of fused-ring (bicyclic) bond motifs is 1. The topological polar surface area (TPSA) is 143 Å². The fourth-order valence-electron chi connectivity index (χ4n) is 3.45. The van der Waals surface area contributed by atoms with Crippen molar-refractivity contribution in [3.8, 4) is 5.75 Å². The molecule has 2 aromatic heterocycles. The minimum atomic E-state index is -4.71. The number of anilines is 1. The summed E-state index contributed by atoms with van der Waals surface area (Å²) in [6.45, 7) is -0.159. The quantitative estimate of drug-likeness (QED) is 0.213. The molecule has 0 saturated carbocycles. The number of carbonyl (C=O) groups excluding carboxylic acids is 2. The monoisotopic (exact) mass is 599 g/mol. The van der Waals surface area contributed by atoms with E-state index in [9.17, 15) is 36.7 Å². The minimum Gasteiger partial charge on any atom is -0.465 e. The molecule has 220 valence electrons. The molecule has 0 spiro atoms. The number of likely N-dealkylation sites (N-methyl/N-ethyl adjacent to an activating group) is 1. The number of carboxylic acid groups (broad SMARTS) is 1. The number of thiazole rings is 1. The van der Waals surface area contributed by atoms with E-state index < -0.39 is 41.9 Å². The van der Waals surface area contributed by atoms with Crippen LogP contribution >= 0.6 is 11.3 Å². The highest BCUT2D eigenvalue weighted by atomic mass is 32.1. The van der Waals surface area contributed by atoms with Crippen LogP contribution in [0.1, 0.15) is 17.8 Å². The van der Waals surface area contributed by atoms with Gasteiger partial charge in [-0.25, -0.2) is 9.78 Å². The highest BCUT2D eigenvalue weighted by Crippen LogP contribution is 2.36. The maximum atomic E-state index is 13.5. The number of aromatic nitrogens is 2. The summed E-state index contributed by atoms with van der Waals surface area (Å²) in [6, 6.07) is 5.37. The van der Waals surface area contributed by atoms with E-state index in [1.54, 1.807) is 14.1 Å². The highest BCUT2D eigenvalue weighted by Gasteiger charge is 2.44. The van der Waals surface area contributed by atoms with Gasteiger partial charge in [-0.05, 0) is 43.2 Å². The lowest BCUT2D eigenvalue weighted by atomic mass is 10.1. The third kappa shape index (κ3) is 8.26. The molecule has 41 heavy (non-hydrogen) atoms. The average molecular weight is 600 g/mol. The third-order valence-electron chi connectivity index (χ3n) is 5.44. The maximum absolute atomic E-state index is 13.5. The SMILES string of the molecule is CN(C)C(=O)C=CCCC(NC(=O)O)C(=O)Nc1cccn(Cc2nc3cccc(OC(F)(F)C(F)F)c3s2)c1=O. The summed E-state index contributed by atoms with van der Waals surface area (Å²) in [4.78, 5) is 54.2. The van der Waals surface area contributed by atoms with Crippen LogP contribution in [0.15, 0.2) is 53.5 Å². The van der Waals surface area contributed by atoms with Crippen molar-refractivity contribution in [1.82, 2.24) is 19.8 Å². The molecular formula is C25H25F4N5O6S. The molecule has 2 heterocycles. The van der Waals surface area contributed by atoms with Crippen molar-refractivity contribution < 1.29 is 41.8 Å². The van der Waals surface area contributed by atoms with E-state index in [4.69, 9.17) is 5.11 Å². The van der Waals surface area contributed by atoms with E-state index in [2.05, 4.69) is 20.4 Å². The smallest absolute Gasteiger partial charge is 0.461 e. The number of nitrogens with one attached hydrogen (secondary N) is 2. The molecule has 1 aromatic carbocycles. The van der Waals surface area contributed by atoms with Crippen LogP contribution < -0.4 is 20.9 Å². The Kier molecular flexibility index (Phi) is 10.0. The van der Waals surface area contributed by atoms with E-state index in [0.717, 1.165) is 22.0 Å². The largest absolute Gasteiger partial charge is 0.465 e. The van der Waals surface area contributed by atoms with Crippen LogP contribution in [0.25, 0.3) is 10.2 Å². The van der Waals surface area contributed by atoms with Gasteiger partial charge in [-0.1, -0.05) is 12.1 Å². The van der Waals surface area contributed by atoms with Crippen LogP contribution in [0.4, 0.5) is 28.0 Å². The van der Waals surface area contributed by atoms with Gasteiger partial charge in [-0.2, -0.15) is 17.6 Å². The third-order valence-corrected chi connectivity index (χ3v) is 6.51. The summed E-state index contributed by atoms with van der Waals surface area (Å²) in [7, 11) is 3.12. The standard InChI is InChI=1S/C25H25F4N5O6S/c1-33(2)19(35)11-4-3-7-15(32-24(38)39)21(36)31-16-9-6-12-34(22(16)37)13-18-30-14-8-5-10-17(20(14)41-18)40-25(28,29)23(26)27/h4-6,8-12,15,23,32H,3,7,13H2,1-2H3,(H,31,36)(H,38,39). The van der Waals surface area contributed by atoms with Gasteiger partial charge in [-0.15, -0.1) is 11.3 Å². The normalized spacial score (nSPS) is 12.5. The minimum absolute atomic E-state index is 0.00290. The number of alkyl halides is 4. The predicted molar refractivity (Wildman–Crippen MR) is 142 cm³/mol. The van der Waals surface area contributed by atoms with Gasteiger partial charge >= 0.3 is 18.6 Å². The summed E-state index contributed by atoms with van der Waals surface area (Å²) in [5.41, 5.74) is -0.657. The van der Waals surface area contributed by atoms with Gasteiger partial charge < -0.3 is 29.9 Å². The Morgan fingerprint density at radius 3 is 2.61 bits per heavy atom. The molecule has 0 aliphatic carbocycles. The number of hydrogen-bond acceptors (Lipinski definition) is 7. The number of allylic oxidation sites excluding steroid dienone is 1. The summed E-state index contributed by atoms with van der Waals surface area (Å²) in [5, 5.41) is 13.8. The molecule has 0 aliphatic rings. The first-order chi connectivity index (χ1) is 19.3. The van der Waals surface area contributed by atoms with Gasteiger partial charge in [0.1, 0.15) is 22.5 Å². The maximum Gasteiger partial charge on any atom is 0.461 e. The first kappa shape index (κ1) is 31.1. The fraction of sp³-hybridized carbons (Fsp3) is 0.320. The van der Waals surface area contributed by atoms with Crippen LogP contribution in [0.3, 0.4) is 0 Å². The zero-order chi connectivity index (χ0) is 30.3. The van der Waals surface area contributed by atoms with Crippen molar-refractivity contribution in [2.75, 3.05) is 19.4 Å². The number of benzene rings is 1. The highest BCUT2D eigenvalue weighted by molar-refractivity contribution is 7.19. The summed E-state index contributed by atoms with van der Waals surface area (Å²) in [6.07, 6.45) is -5.88. The molecule has 3 amide bonds. The summed E-state index contributed by atoms with van der Waals surface area (Å²) < 4.78 is 57.6. The molecule has 3 aromatic rings. The molecule has 3 N–H and O–H groups in total. The van der Waals surface area contributed by atoms with E-state index in [0.29, 0.717) is 0 Å². The Hall–Kier alpha value is -4.47. The molecule has 11 nitrogen and oxygen atoms in total. The second-order valence-electron chi connectivity index (χ2n) is 8.74. The number of halogens is 4. The Balaban J connectivity index is 1.77. The van der Waals surface area contributed by atoms with Crippen molar-refractivity contribution in [2.45, 2.75) is 38.0 Å². The molecule has 0 saturated heterocycles. The van der Waals surface area contributed by atoms with Crippen molar-refractivity contribution in [3.05, 3.63) is 64.0 Å². The lowest BCUT2D eigenvalue weighted by molar-refractivity contribution is -0.252. The fourth-order valence-corrected chi connectivity index (χ4v) is 4.46. The Labute approximate surface area is 234 Å². The molecule has 1 atom stereocenters. The molecule has 3 rings (SSSR count). The number of ether oxygens (including phenoxy) is 1. The number of rotatable bonds is 12. The lowest BCUT2D eigenvalue weighted by Gasteiger charge is -2.16. The first-order valence-electron chi connectivity index (χ1n) is 11.9. The Morgan fingerprint density at radius 1 is 1.22 bits per heavy atom. The number of hydrogen-bond donors (Lipinski definition) is 3. The van der Waals surface area contributed by atoms with Crippen LogP contribution in [0.2, 0.25) is 0 Å². The van der Waals surface area contributed by atoms with Crippen LogP contribution in [0, 0.1) is 0 Å². The van der Waals surface area contributed by atoms with E-state index in [-0.39, 0.29) is 46.2 Å². The van der Waals surface area contributed by atoms with Gasteiger partial charge in [0.25, 0.3) is 5.56 Å². The molecule has 0 fully saturated rings. The van der Waals surface area contributed by atoms with Crippen LogP contribution in [-0.2, 0) is 16.1 Å². The van der Waals surface area contributed by atoms with Gasteiger partial charge in [0, 0.05) is 20.3 Å². The molecule has 0 bridgehead atoms. The van der Waals surface area contributed by atoms with Gasteiger partial charge in [-0.3, -0.25) is 14.4 Å². The first-order valence-corrected chi connectivity index (χ1v) is 12.7. The average Bonchev–Trinajstić information content (AvgIpc) is 3.31. The Bertz CT molecular complexity index is 1510. The number of pyridine rings is 1. The van der Waals surface area contributed by atoms with Crippen molar-refractivity contribution >= 4 is 45.1 Å². The molecular weight excluding hydrogens is 574 g/mol. The predicted octanol–water partition coefficient (Wildman–Crippen LogP) is 3.74. The second-order valence-corrected chi connectivity index (χ2v) is 9.82. The van der Waals surface area contributed by atoms with Crippen LogP contribution in [-0.4, -0.2) is 70.1 Å². The zero-order valence-corrected chi connectivity index (χ0v) is 22.5. The van der Waals surface area contributed by atoms with Gasteiger partial charge in [0.2, 0.25) is 11.8 Å². The van der Waals surface area contributed by atoms with Crippen molar-refractivity contribution in [1.29, 1.82) is 0 Å².